The largest absolute Gasteiger partial charge is 0.493 e. The molecule has 1 N–H and O–H groups in total. The van der Waals surface area contributed by atoms with E-state index in [9.17, 15) is 0 Å². The Balaban J connectivity index is 2.07. The summed E-state index contributed by atoms with van der Waals surface area (Å²) < 4.78 is 11.2. The zero-order valence-electron chi connectivity index (χ0n) is 13.7. The summed E-state index contributed by atoms with van der Waals surface area (Å²) in [7, 11) is 1.65. The van der Waals surface area contributed by atoms with Gasteiger partial charge in [-0.3, -0.25) is 4.98 Å². The third-order valence-corrected chi connectivity index (χ3v) is 3.10. The second-order valence-electron chi connectivity index (χ2n) is 6.43. The topological polar surface area (TPSA) is 43.4 Å². The predicted molar refractivity (Wildman–Crippen MR) is 89.5 cm³/mol. The fourth-order valence-electron chi connectivity index (χ4n) is 1.91. The summed E-state index contributed by atoms with van der Waals surface area (Å²) in [6.07, 6.45) is 3.55. The van der Waals surface area contributed by atoms with E-state index < -0.39 is 0 Å². The fourth-order valence-corrected chi connectivity index (χ4v) is 1.91. The average molecular weight is 300 g/mol. The van der Waals surface area contributed by atoms with Gasteiger partial charge in [0, 0.05) is 36.3 Å². The number of benzene rings is 1. The van der Waals surface area contributed by atoms with Gasteiger partial charge in [0.2, 0.25) is 0 Å². The molecule has 1 aromatic carbocycles. The zero-order valence-corrected chi connectivity index (χ0v) is 13.7. The molecule has 1 aromatic heterocycles. The molecule has 2 aromatic rings. The van der Waals surface area contributed by atoms with Crippen LogP contribution in [0.5, 0.6) is 11.5 Å². The van der Waals surface area contributed by atoms with Crippen molar-refractivity contribution < 1.29 is 9.47 Å². The van der Waals surface area contributed by atoms with Crippen molar-refractivity contribution in [2.75, 3.05) is 19.0 Å². The van der Waals surface area contributed by atoms with Gasteiger partial charge >= 0.3 is 0 Å². The highest BCUT2D eigenvalue weighted by atomic mass is 16.5. The third kappa shape index (κ3) is 4.95. The molecule has 0 aliphatic heterocycles. The number of pyridine rings is 1. The summed E-state index contributed by atoms with van der Waals surface area (Å²) in [5.41, 5.74) is 2.27. The van der Waals surface area contributed by atoms with E-state index in [1.807, 2.05) is 30.3 Å². The standard InChI is InChI=1S/C18H24N2O2/c1-18(2,3)13-20-15-7-8-16(21-4)17(10-15)22-12-14-6-5-9-19-11-14/h5-11,20H,12-13H2,1-4H3. The SMILES string of the molecule is COc1ccc(NCC(C)(C)C)cc1OCc1cccnc1. The Kier molecular flexibility index (Phi) is 5.26. The lowest BCUT2D eigenvalue weighted by molar-refractivity contribution is 0.284. The maximum absolute atomic E-state index is 5.88. The van der Waals surface area contributed by atoms with E-state index in [-0.39, 0.29) is 5.41 Å². The number of rotatable bonds is 6. The molecule has 0 amide bonds. The maximum Gasteiger partial charge on any atom is 0.163 e. The van der Waals surface area contributed by atoms with E-state index in [1.54, 1.807) is 19.5 Å². The van der Waals surface area contributed by atoms with Crippen LogP contribution in [-0.2, 0) is 6.61 Å². The number of hydrogen-bond acceptors (Lipinski definition) is 4. The first kappa shape index (κ1) is 16.1. The molecule has 22 heavy (non-hydrogen) atoms. The second kappa shape index (κ2) is 7.16. The maximum atomic E-state index is 5.88. The van der Waals surface area contributed by atoms with Crippen molar-refractivity contribution >= 4 is 5.69 Å². The molecule has 0 spiro atoms. The van der Waals surface area contributed by atoms with Crippen LogP contribution in [0.25, 0.3) is 0 Å². The lowest BCUT2D eigenvalue weighted by Crippen LogP contribution is -2.19. The molecule has 4 nitrogen and oxygen atoms in total. The molecule has 0 aliphatic carbocycles. The molecule has 0 fully saturated rings. The lowest BCUT2D eigenvalue weighted by atomic mass is 9.97. The Hall–Kier alpha value is -2.23. The molecule has 2 rings (SSSR count). The van der Waals surface area contributed by atoms with Gasteiger partial charge in [-0.2, -0.15) is 0 Å². The van der Waals surface area contributed by atoms with E-state index >= 15 is 0 Å². The molecule has 4 heteroatoms. The van der Waals surface area contributed by atoms with Gasteiger partial charge in [0.1, 0.15) is 6.61 Å². The first-order valence-corrected chi connectivity index (χ1v) is 7.41. The van der Waals surface area contributed by atoms with Crippen molar-refractivity contribution in [3.63, 3.8) is 0 Å². The zero-order chi connectivity index (χ0) is 16.0. The van der Waals surface area contributed by atoms with Crippen LogP contribution in [-0.4, -0.2) is 18.6 Å². The van der Waals surface area contributed by atoms with Crippen molar-refractivity contribution in [2.24, 2.45) is 5.41 Å². The van der Waals surface area contributed by atoms with Gasteiger partial charge in [0.25, 0.3) is 0 Å². The average Bonchev–Trinajstić information content (AvgIpc) is 2.51. The minimum absolute atomic E-state index is 0.219. The quantitative estimate of drug-likeness (QED) is 0.871. The molecule has 0 saturated carbocycles. The van der Waals surface area contributed by atoms with Gasteiger partial charge in [-0.1, -0.05) is 26.8 Å². The molecule has 1 heterocycles. The van der Waals surface area contributed by atoms with Crippen LogP contribution in [0.3, 0.4) is 0 Å². The molecule has 0 unspecified atom stereocenters. The van der Waals surface area contributed by atoms with Crippen molar-refractivity contribution in [3.8, 4) is 11.5 Å². The summed E-state index contributed by atoms with van der Waals surface area (Å²) in [6, 6.07) is 9.78. The molecular weight excluding hydrogens is 276 g/mol. The van der Waals surface area contributed by atoms with Gasteiger partial charge in [-0.25, -0.2) is 0 Å². The number of aromatic nitrogens is 1. The number of hydrogen-bond donors (Lipinski definition) is 1. The molecule has 0 atom stereocenters. The van der Waals surface area contributed by atoms with Crippen LogP contribution in [0.4, 0.5) is 5.69 Å². The van der Waals surface area contributed by atoms with E-state index in [0.717, 1.165) is 29.3 Å². The van der Waals surface area contributed by atoms with Gasteiger partial charge in [0.05, 0.1) is 7.11 Å². The highest BCUT2D eigenvalue weighted by Gasteiger charge is 2.11. The Morgan fingerprint density at radius 3 is 2.59 bits per heavy atom. The monoisotopic (exact) mass is 300 g/mol. The molecule has 0 radical (unpaired) electrons. The summed E-state index contributed by atoms with van der Waals surface area (Å²) in [6.45, 7) is 7.95. The van der Waals surface area contributed by atoms with Crippen molar-refractivity contribution in [1.29, 1.82) is 0 Å². The van der Waals surface area contributed by atoms with Crippen LogP contribution >= 0.6 is 0 Å². The Labute approximate surface area is 132 Å². The van der Waals surface area contributed by atoms with Gasteiger partial charge in [-0.15, -0.1) is 0 Å². The van der Waals surface area contributed by atoms with Crippen LogP contribution in [0.1, 0.15) is 26.3 Å². The minimum Gasteiger partial charge on any atom is -0.493 e. The first-order valence-electron chi connectivity index (χ1n) is 7.41. The molecule has 0 aliphatic rings. The highest BCUT2D eigenvalue weighted by molar-refractivity contribution is 5.54. The minimum atomic E-state index is 0.219. The van der Waals surface area contributed by atoms with Crippen LogP contribution in [0, 0.1) is 5.41 Å². The first-order chi connectivity index (χ1) is 10.5. The van der Waals surface area contributed by atoms with E-state index in [0.29, 0.717) is 6.61 Å². The van der Waals surface area contributed by atoms with E-state index in [2.05, 4.69) is 31.1 Å². The number of anilines is 1. The van der Waals surface area contributed by atoms with Crippen molar-refractivity contribution in [2.45, 2.75) is 27.4 Å². The Bertz CT molecular complexity index is 592. The van der Waals surface area contributed by atoms with Crippen molar-refractivity contribution in [3.05, 3.63) is 48.3 Å². The van der Waals surface area contributed by atoms with Gasteiger partial charge in [0.15, 0.2) is 11.5 Å². The number of nitrogens with one attached hydrogen (secondary N) is 1. The van der Waals surface area contributed by atoms with Gasteiger partial charge < -0.3 is 14.8 Å². The number of ether oxygens (including phenoxy) is 2. The highest BCUT2D eigenvalue weighted by Crippen LogP contribution is 2.31. The van der Waals surface area contributed by atoms with E-state index in [4.69, 9.17) is 9.47 Å². The van der Waals surface area contributed by atoms with Crippen LogP contribution in [0.2, 0.25) is 0 Å². The Morgan fingerprint density at radius 2 is 1.95 bits per heavy atom. The Morgan fingerprint density at radius 1 is 1.14 bits per heavy atom. The summed E-state index contributed by atoms with van der Waals surface area (Å²) >= 11 is 0. The third-order valence-electron chi connectivity index (χ3n) is 3.10. The van der Waals surface area contributed by atoms with Crippen molar-refractivity contribution in [1.82, 2.24) is 4.98 Å². The summed E-state index contributed by atoms with van der Waals surface area (Å²) in [4.78, 5) is 4.09. The molecule has 118 valence electrons. The predicted octanol–water partition coefficient (Wildman–Crippen LogP) is 4.13. The van der Waals surface area contributed by atoms with E-state index in [1.165, 1.54) is 0 Å². The summed E-state index contributed by atoms with van der Waals surface area (Å²) in [5.74, 6) is 1.45. The summed E-state index contributed by atoms with van der Waals surface area (Å²) in [5, 5.41) is 3.43. The second-order valence-corrected chi connectivity index (χ2v) is 6.43. The van der Waals surface area contributed by atoms with Crippen LogP contribution < -0.4 is 14.8 Å². The fraction of sp³-hybridized carbons (Fsp3) is 0.389. The smallest absolute Gasteiger partial charge is 0.163 e. The lowest BCUT2D eigenvalue weighted by Gasteiger charge is -2.20. The molecule has 0 bridgehead atoms. The number of nitrogens with zero attached hydrogens (tertiary/aromatic N) is 1. The normalized spacial score (nSPS) is 11.1. The number of methoxy groups -OCH3 is 1. The molecular formula is C18H24N2O2. The van der Waals surface area contributed by atoms with Gasteiger partial charge in [-0.05, 0) is 23.6 Å². The van der Waals surface area contributed by atoms with Crippen LogP contribution in [0.15, 0.2) is 42.7 Å². The molecule has 0 saturated heterocycles.